The molecule has 0 saturated heterocycles. The zero-order valence-corrected chi connectivity index (χ0v) is 11.6. The Balaban J connectivity index is 1.94. The van der Waals surface area contributed by atoms with Crippen LogP contribution >= 0.6 is 0 Å². The van der Waals surface area contributed by atoms with Crippen molar-refractivity contribution in [3.05, 3.63) is 35.9 Å². The summed E-state index contributed by atoms with van der Waals surface area (Å²) in [6.07, 6.45) is 4.53. The van der Waals surface area contributed by atoms with E-state index in [1.54, 1.807) is 0 Å². The highest BCUT2D eigenvalue weighted by Crippen LogP contribution is 2.40. The third-order valence-electron chi connectivity index (χ3n) is 4.37. The number of nitrogens with one attached hydrogen (secondary N) is 1. The van der Waals surface area contributed by atoms with E-state index in [1.807, 2.05) is 6.07 Å². The number of hydrogen-bond acceptors (Lipinski definition) is 2. The normalized spacial score (nSPS) is 21.7. The predicted octanol–water partition coefficient (Wildman–Crippen LogP) is 3.11. The van der Waals surface area contributed by atoms with Gasteiger partial charge in [-0.2, -0.15) is 0 Å². The van der Waals surface area contributed by atoms with Gasteiger partial charge in [0.2, 0.25) is 0 Å². The highest BCUT2D eigenvalue weighted by atomic mass is 16.3. The van der Waals surface area contributed by atoms with Gasteiger partial charge in [0.05, 0.1) is 6.61 Å². The van der Waals surface area contributed by atoms with Crippen LogP contribution in [0.25, 0.3) is 0 Å². The summed E-state index contributed by atoms with van der Waals surface area (Å²) in [6, 6.07) is 10.4. The van der Waals surface area contributed by atoms with Crippen molar-refractivity contribution in [1.29, 1.82) is 0 Å². The first-order valence-corrected chi connectivity index (χ1v) is 6.95. The Morgan fingerprint density at radius 3 is 2.22 bits per heavy atom. The van der Waals surface area contributed by atoms with E-state index in [9.17, 15) is 5.11 Å². The van der Waals surface area contributed by atoms with Crippen molar-refractivity contribution >= 4 is 0 Å². The third-order valence-corrected chi connectivity index (χ3v) is 4.37. The molecule has 2 N–H and O–H groups in total. The first kappa shape index (κ1) is 13.6. The minimum atomic E-state index is -0.0641. The van der Waals surface area contributed by atoms with Gasteiger partial charge in [0.15, 0.2) is 0 Å². The zero-order chi connectivity index (χ0) is 13.1. The molecule has 0 amide bonds. The van der Waals surface area contributed by atoms with Crippen LogP contribution in [0.5, 0.6) is 0 Å². The van der Waals surface area contributed by atoms with Crippen molar-refractivity contribution in [2.45, 2.75) is 51.6 Å². The smallest absolute Gasteiger partial charge is 0.0613 e. The summed E-state index contributed by atoms with van der Waals surface area (Å²) in [5.41, 5.74) is 1.66. The summed E-state index contributed by atoms with van der Waals surface area (Å²) in [5.74, 6) is 0. The maximum atomic E-state index is 9.73. The molecule has 2 heteroatoms. The average molecular weight is 247 g/mol. The molecule has 0 heterocycles. The second-order valence-corrected chi connectivity index (χ2v) is 6.44. The molecule has 18 heavy (non-hydrogen) atoms. The van der Waals surface area contributed by atoms with Crippen LogP contribution in [0.15, 0.2) is 30.3 Å². The Labute approximate surface area is 110 Å². The predicted molar refractivity (Wildman–Crippen MR) is 75.3 cm³/mol. The molecule has 1 fully saturated rings. The van der Waals surface area contributed by atoms with E-state index >= 15 is 0 Å². The molecule has 1 aromatic rings. The van der Waals surface area contributed by atoms with Gasteiger partial charge in [-0.3, -0.25) is 0 Å². The summed E-state index contributed by atoms with van der Waals surface area (Å²) >= 11 is 0. The molecule has 0 bridgehead atoms. The monoisotopic (exact) mass is 247 g/mol. The lowest BCUT2D eigenvalue weighted by molar-refractivity contribution is 0.0749. The maximum Gasteiger partial charge on any atom is 0.0613 e. The fourth-order valence-electron chi connectivity index (χ4n) is 2.68. The molecule has 0 aromatic heterocycles. The molecule has 0 unspecified atom stereocenters. The van der Waals surface area contributed by atoms with Crippen molar-refractivity contribution in [2.24, 2.45) is 5.41 Å². The summed E-state index contributed by atoms with van der Waals surface area (Å²) in [6.45, 7) is 5.74. The molecule has 100 valence electrons. The lowest BCUT2D eigenvalue weighted by Gasteiger charge is -2.43. The van der Waals surface area contributed by atoms with Crippen LogP contribution in [0.2, 0.25) is 0 Å². The van der Waals surface area contributed by atoms with E-state index in [2.05, 4.69) is 43.4 Å². The molecule has 1 aliphatic carbocycles. The van der Waals surface area contributed by atoms with Gasteiger partial charge in [0.1, 0.15) is 0 Å². The lowest BCUT2D eigenvalue weighted by Crippen LogP contribution is -2.51. The molecule has 2 nitrogen and oxygen atoms in total. The third kappa shape index (κ3) is 3.33. The van der Waals surface area contributed by atoms with Gasteiger partial charge in [0, 0.05) is 12.1 Å². The van der Waals surface area contributed by atoms with Crippen LogP contribution in [0.4, 0.5) is 0 Å². The maximum absolute atomic E-state index is 9.73. The van der Waals surface area contributed by atoms with E-state index in [1.165, 1.54) is 18.4 Å². The van der Waals surface area contributed by atoms with Crippen molar-refractivity contribution in [1.82, 2.24) is 5.32 Å². The van der Waals surface area contributed by atoms with E-state index in [4.69, 9.17) is 0 Å². The van der Waals surface area contributed by atoms with Gasteiger partial charge in [-0.1, -0.05) is 44.2 Å². The van der Waals surface area contributed by atoms with Gasteiger partial charge >= 0.3 is 0 Å². The Morgan fingerprint density at radius 1 is 1.06 bits per heavy atom. The highest BCUT2D eigenvalue weighted by molar-refractivity contribution is 5.15. The fourth-order valence-corrected chi connectivity index (χ4v) is 2.68. The van der Waals surface area contributed by atoms with Crippen molar-refractivity contribution in [3.8, 4) is 0 Å². The highest BCUT2D eigenvalue weighted by Gasteiger charge is 2.37. The number of rotatable bonds is 4. The summed E-state index contributed by atoms with van der Waals surface area (Å²) in [4.78, 5) is 0. The molecule has 1 aromatic carbocycles. The molecule has 2 rings (SSSR count). The second kappa shape index (κ2) is 5.41. The first-order chi connectivity index (χ1) is 8.55. The Bertz CT molecular complexity index is 362. The molecule has 0 radical (unpaired) electrons. The number of aliphatic hydroxyl groups is 1. The molecule has 0 aliphatic heterocycles. The van der Waals surface area contributed by atoms with Gasteiger partial charge in [-0.25, -0.2) is 0 Å². The van der Waals surface area contributed by atoms with Gasteiger partial charge in [-0.15, -0.1) is 0 Å². The SMILES string of the molecule is CC1(C)CCC(CO)(NCc2ccccc2)CC1. The molecule has 1 saturated carbocycles. The van der Waals surface area contributed by atoms with Crippen LogP contribution in [0.1, 0.15) is 45.1 Å². The van der Waals surface area contributed by atoms with Crippen LogP contribution < -0.4 is 5.32 Å². The minimum Gasteiger partial charge on any atom is -0.394 e. The largest absolute Gasteiger partial charge is 0.394 e. The summed E-state index contributed by atoms with van der Waals surface area (Å²) in [7, 11) is 0. The van der Waals surface area contributed by atoms with E-state index in [0.29, 0.717) is 5.41 Å². The summed E-state index contributed by atoms with van der Waals surface area (Å²) < 4.78 is 0. The Hall–Kier alpha value is -0.860. The van der Waals surface area contributed by atoms with E-state index in [0.717, 1.165) is 19.4 Å². The second-order valence-electron chi connectivity index (χ2n) is 6.44. The van der Waals surface area contributed by atoms with Crippen LogP contribution in [0, 0.1) is 5.41 Å². The number of hydrogen-bond donors (Lipinski definition) is 2. The molecule has 0 atom stereocenters. The summed E-state index contributed by atoms with van der Waals surface area (Å²) in [5, 5.41) is 13.3. The quantitative estimate of drug-likeness (QED) is 0.857. The molecule has 0 spiro atoms. The number of benzene rings is 1. The van der Waals surface area contributed by atoms with Gasteiger partial charge in [-0.05, 0) is 36.7 Å². The standard InChI is InChI=1S/C16H25NO/c1-15(2)8-10-16(13-18,11-9-15)17-12-14-6-4-3-5-7-14/h3-7,17-18H,8-13H2,1-2H3. The van der Waals surface area contributed by atoms with Crippen molar-refractivity contribution < 1.29 is 5.11 Å². The van der Waals surface area contributed by atoms with E-state index < -0.39 is 0 Å². The number of aliphatic hydroxyl groups excluding tert-OH is 1. The topological polar surface area (TPSA) is 32.3 Å². The zero-order valence-electron chi connectivity index (χ0n) is 11.6. The fraction of sp³-hybridized carbons (Fsp3) is 0.625. The Kier molecular flexibility index (Phi) is 4.08. The lowest BCUT2D eigenvalue weighted by atomic mass is 9.69. The van der Waals surface area contributed by atoms with Crippen molar-refractivity contribution in [3.63, 3.8) is 0 Å². The average Bonchev–Trinajstić information content (AvgIpc) is 2.40. The first-order valence-electron chi connectivity index (χ1n) is 6.95. The van der Waals surface area contributed by atoms with Crippen LogP contribution in [-0.4, -0.2) is 17.3 Å². The Morgan fingerprint density at radius 2 is 1.67 bits per heavy atom. The minimum absolute atomic E-state index is 0.0641. The van der Waals surface area contributed by atoms with Crippen molar-refractivity contribution in [2.75, 3.05) is 6.61 Å². The molecule has 1 aliphatic rings. The van der Waals surface area contributed by atoms with E-state index in [-0.39, 0.29) is 12.1 Å². The van der Waals surface area contributed by atoms with Crippen LogP contribution in [0.3, 0.4) is 0 Å². The van der Waals surface area contributed by atoms with Gasteiger partial charge in [0.25, 0.3) is 0 Å². The van der Waals surface area contributed by atoms with Gasteiger partial charge < -0.3 is 10.4 Å². The van der Waals surface area contributed by atoms with Crippen LogP contribution in [-0.2, 0) is 6.54 Å². The molecular weight excluding hydrogens is 222 g/mol. The molecular formula is C16H25NO.